The van der Waals surface area contributed by atoms with Crippen LogP contribution in [0.25, 0.3) is 0 Å². The molecule has 0 amide bonds. The van der Waals surface area contributed by atoms with Gasteiger partial charge in [0.2, 0.25) is 0 Å². The zero-order valence-corrected chi connectivity index (χ0v) is 10.7. The molecule has 88 valence electrons. The summed E-state index contributed by atoms with van der Waals surface area (Å²) >= 11 is 6.09. The monoisotopic (exact) mass is 239 g/mol. The Kier molecular flexibility index (Phi) is 4.84. The van der Waals surface area contributed by atoms with Crippen molar-refractivity contribution >= 4 is 11.6 Å². The summed E-state index contributed by atoms with van der Waals surface area (Å²) in [6.45, 7) is 6.53. The zero-order chi connectivity index (χ0) is 12.1. The van der Waals surface area contributed by atoms with Crippen molar-refractivity contribution in [1.82, 2.24) is 0 Å². The normalized spacial score (nSPS) is 12.1. The first kappa shape index (κ1) is 13.1. The molecule has 0 fully saturated rings. The van der Waals surface area contributed by atoms with Gasteiger partial charge in [-0.15, -0.1) is 0 Å². The summed E-state index contributed by atoms with van der Waals surface area (Å²) in [4.78, 5) is 0. The molecule has 1 aromatic rings. The predicted octanol–water partition coefficient (Wildman–Crippen LogP) is 3.70. The van der Waals surface area contributed by atoms with Crippen LogP contribution in [0.15, 0.2) is 29.8 Å². The lowest BCUT2D eigenvalue weighted by Gasteiger charge is -2.10. The Balaban J connectivity index is 2.72. The number of allylic oxidation sites excluding steroid dienone is 1. The maximum atomic E-state index is 6.09. The van der Waals surface area contributed by atoms with E-state index in [2.05, 4.69) is 0 Å². The molecule has 2 nitrogen and oxygen atoms in total. The molecule has 0 radical (unpaired) electrons. The van der Waals surface area contributed by atoms with Gasteiger partial charge in [0.15, 0.2) is 0 Å². The maximum absolute atomic E-state index is 6.09. The Labute approximate surface area is 102 Å². The molecule has 1 aromatic carbocycles. The van der Waals surface area contributed by atoms with Crippen molar-refractivity contribution in [2.24, 2.45) is 5.73 Å². The lowest BCUT2D eigenvalue weighted by atomic mass is 10.1. The van der Waals surface area contributed by atoms with Crippen molar-refractivity contribution < 1.29 is 4.74 Å². The summed E-state index contributed by atoms with van der Waals surface area (Å²) in [5, 5.41) is 0.608. The highest BCUT2D eigenvalue weighted by atomic mass is 35.5. The highest BCUT2D eigenvalue weighted by molar-refractivity contribution is 6.32. The summed E-state index contributed by atoms with van der Waals surface area (Å²) in [5.74, 6) is 0.698. The fourth-order valence-corrected chi connectivity index (χ4v) is 1.46. The molecule has 16 heavy (non-hydrogen) atoms. The van der Waals surface area contributed by atoms with Crippen molar-refractivity contribution in [3.05, 3.63) is 40.4 Å². The highest BCUT2D eigenvalue weighted by Gasteiger charge is 2.05. The highest BCUT2D eigenvalue weighted by Crippen LogP contribution is 2.27. The number of nitrogens with two attached hydrogens (primary N) is 1. The Morgan fingerprint density at radius 3 is 2.69 bits per heavy atom. The quantitative estimate of drug-likeness (QED) is 0.813. The molecule has 0 saturated heterocycles. The summed E-state index contributed by atoms with van der Waals surface area (Å²) in [6.07, 6.45) is 2.01. The van der Waals surface area contributed by atoms with Gasteiger partial charge in [0.25, 0.3) is 0 Å². The molecular weight excluding hydrogens is 222 g/mol. The van der Waals surface area contributed by atoms with Crippen molar-refractivity contribution in [3.8, 4) is 5.75 Å². The minimum Gasteiger partial charge on any atom is -0.488 e. The van der Waals surface area contributed by atoms with Gasteiger partial charge < -0.3 is 10.5 Å². The molecule has 0 aliphatic carbocycles. The lowest BCUT2D eigenvalue weighted by Crippen LogP contribution is -2.05. The third kappa shape index (κ3) is 3.87. The summed E-state index contributed by atoms with van der Waals surface area (Å²) in [6, 6.07) is 5.64. The van der Waals surface area contributed by atoms with E-state index in [4.69, 9.17) is 22.1 Å². The second kappa shape index (κ2) is 5.92. The number of hydrogen-bond donors (Lipinski definition) is 1. The first-order valence-electron chi connectivity index (χ1n) is 5.32. The Morgan fingerprint density at radius 2 is 2.19 bits per heavy atom. The molecule has 0 unspecified atom stereocenters. The first-order valence-corrected chi connectivity index (χ1v) is 5.69. The van der Waals surface area contributed by atoms with Gasteiger partial charge in [-0.2, -0.15) is 0 Å². The third-order valence-corrected chi connectivity index (χ3v) is 2.51. The molecule has 0 bridgehead atoms. The van der Waals surface area contributed by atoms with Gasteiger partial charge in [-0.1, -0.05) is 23.2 Å². The Bertz CT molecular complexity index is 382. The average Bonchev–Trinajstić information content (AvgIpc) is 2.19. The summed E-state index contributed by atoms with van der Waals surface area (Å²) in [7, 11) is 0. The van der Waals surface area contributed by atoms with Crippen LogP contribution in [0, 0.1) is 0 Å². The summed E-state index contributed by atoms with van der Waals surface area (Å²) < 4.78 is 5.53. The van der Waals surface area contributed by atoms with E-state index in [1.54, 1.807) is 0 Å². The number of halogens is 1. The topological polar surface area (TPSA) is 35.2 Å². The van der Waals surface area contributed by atoms with Crippen LogP contribution in [0.4, 0.5) is 0 Å². The average molecular weight is 240 g/mol. The van der Waals surface area contributed by atoms with E-state index in [-0.39, 0.29) is 6.04 Å². The molecule has 3 heteroatoms. The number of hydrogen-bond acceptors (Lipinski definition) is 2. The third-order valence-electron chi connectivity index (χ3n) is 2.21. The SMILES string of the molecule is CC(C)=CCOc1ccc([C@@H](C)N)cc1Cl. The molecule has 0 aliphatic heterocycles. The largest absolute Gasteiger partial charge is 0.488 e. The van der Waals surface area contributed by atoms with E-state index < -0.39 is 0 Å². The van der Waals surface area contributed by atoms with Crippen molar-refractivity contribution in [1.29, 1.82) is 0 Å². The molecule has 0 aliphatic rings. The minimum absolute atomic E-state index is 0.00988. The second-order valence-electron chi connectivity index (χ2n) is 4.07. The van der Waals surface area contributed by atoms with E-state index >= 15 is 0 Å². The molecule has 0 aromatic heterocycles. The van der Waals surface area contributed by atoms with Gasteiger partial charge in [0, 0.05) is 6.04 Å². The Morgan fingerprint density at radius 1 is 1.50 bits per heavy atom. The van der Waals surface area contributed by atoms with Gasteiger partial charge in [0.05, 0.1) is 5.02 Å². The number of rotatable bonds is 4. The predicted molar refractivity (Wildman–Crippen MR) is 69.0 cm³/mol. The molecule has 2 N–H and O–H groups in total. The van der Waals surface area contributed by atoms with Crippen LogP contribution in [0.5, 0.6) is 5.75 Å². The van der Waals surface area contributed by atoms with Crippen LogP contribution >= 0.6 is 11.6 Å². The number of benzene rings is 1. The van der Waals surface area contributed by atoms with Crippen LogP contribution in [0.3, 0.4) is 0 Å². The molecule has 0 heterocycles. The van der Waals surface area contributed by atoms with Crippen LogP contribution in [0.2, 0.25) is 5.02 Å². The summed E-state index contributed by atoms with van der Waals surface area (Å²) in [5.41, 5.74) is 8.00. The van der Waals surface area contributed by atoms with E-state index in [1.807, 2.05) is 45.0 Å². The number of ether oxygens (including phenoxy) is 1. The molecular formula is C13H18ClNO. The molecule has 1 rings (SSSR count). The van der Waals surface area contributed by atoms with E-state index in [9.17, 15) is 0 Å². The maximum Gasteiger partial charge on any atom is 0.138 e. The smallest absolute Gasteiger partial charge is 0.138 e. The van der Waals surface area contributed by atoms with Crippen LogP contribution < -0.4 is 10.5 Å². The van der Waals surface area contributed by atoms with Gasteiger partial charge in [0.1, 0.15) is 12.4 Å². The minimum atomic E-state index is -0.00988. The first-order chi connectivity index (χ1) is 7.50. The van der Waals surface area contributed by atoms with Crippen molar-refractivity contribution in [3.63, 3.8) is 0 Å². The fraction of sp³-hybridized carbons (Fsp3) is 0.385. The lowest BCUT2D eigenvalue weighted by molar-refractivity contribution is 0.362. The van der Waals surface area contributed by atoms with Gasteiger partial charge >= 0.3 is 0 Å². The van der Waals surface area contributed by atoms with E-state index in [1.165, 1.54) is 5.57 Å². The van der Waals surface area contributed by atoms with E-state index in [0.29, 0.717) is 17.4 Å². The molecule has 0 saturated carbocycles. The van der Waals surface area contributed by atoms with Crippen LogP contribution in [0.1, 0.15) is 32.4 Å². The van der Waals surface area contributed by atoms with Gasteiger partial charge in [-0.25, -0.2) is 0 Å². The van der Waals surface area contributed by atoms with Crippen LogP contribution in [-0.4, -0.2) is 6.61 Å². The second-order valence-corrected chi connectivity index (χ2v) is 4.48. The molecule has 0 spiro atoms. The zero-order valence-electron chi connectivity index (χ0n) is 9.96. The van der Waals surface area contributed by atoms with Crippen LogP contribution in [-0.2, 0) is 0 Å². The molecule has 1 atom stereocenters. The van der Waals surface area contributed by atoms with Crippen molar-refractivity contribution in [2.45, 2.75) is 26.8 Å². The Hall–Kier alpha value is -0.990. The standard InChI is InChI=1S/C13H18ClNO/c1-9(2)6-7-16-13-5-4-11(10(3)15)8-12(13)14/h4-6,8,10H,7,15H2,1-3H3/t10-/m1/s1. The fourth-order valence-electron chi connectivity index (χ4n) is 1.22. The van der Waals surface area contributed by atoms with Gasteiger partial charge in [-0.3, -0.25) is 0 Å². The van der Waals surface area contributed by atoms with Crippen molar-refractivity contribution in [2.75, 3.05) is 6.61 Å². The van der Waals surface area contributed by atoms with E-state index in [0.717, 1.165) is 5.56 Å². The van der Waals surface area contributed by atoms with Gasteiger partial charge in [-0.05, 0) is 44.5 Å².